The molecule has 0 aromatic rings. The van der Waals surface area contributed by atoms with Gasteiger partial charge in [-0.25, -0.2) is 0 Å². The van der Waals surface area contributed by atoms with Gasteiger partial charge in [0.05, 0.1) is 0 Å². The van der Waals surface area contributed by atoms with Gasteiger partial charge >= 0.3 is 0 Å². The highest BCUT2D eigenvalue weighted by Crippen LogP contribution is 2.21. The summed E-state index contributed by atoms with van der Waals surface area (Å²) in [6.07, 6.45) is 13.6. The molecule has 0 radical (unpaired) electrons. The summed E-state index contributed by atoms with van der Waals surface area (Å²) in [6, 6.07) is 0. The Bertz CT molecular complexity index is 157. The summed E-state index contributed by atoms with van der Waals surface area (Å²) < 4.78 is 0. The molecular formula is C16H32. The number of hydrogen-bond acceptors (Lipinski definition) is 0. The molecule has 0 aliphatic heterocycles. The first-order chi connectivity index (χ1) is 7.72. The summed E-state index contributed by atoms with van der Waals surface area (Å²) in [5.41, 5.74) is 1.49. The lowest BCUT2D eigenvalue weighted by Gasteiger charge is -2.14. The molecule has 16 heavy (non-hydrogen) atoms. The van der Waals surface area contributed by atoms with Gasteiger partial charge in [-0.15, -0.1) is 0 Å². The third-order valence-electron chi connectivity index (χ3n) is 3.54. The molecule has 0 fully saturated rings. The van der Waals surface area contributed by atoms with E-state index in [1.807, 2.05) is 0 Å². The molecule has 0 spiro atoms. The molecule has 1 unspecified atom stereocenters. The number of rotatable bonds is 11. The molecule has 0 aromatic carbocycles. The first-order valence-corrected chi connectivity index (χ1v) is 7.40. The quantitative estimate of drug-likeness (QED) is 0.293. The van der Waals surface area contributed by atoms with Crippen molar-refractivity contribution in [1.82, 2.24) is 0 Å². The molecule has 0 saturated carbocycles. The SMILES string of the molecule is C=C(CCCCC)C(C)CCCCCCC. The van der Waals surface area contributed by atoms with E-state index in [2.05, 4.69) is 27.4 Å². The summed E-state index contributed by atoms with van der Waals surface area (Å²) in [5, 5.41) is 0. The van der Waals surface area contributed by atoms with Gasteiger partial charge < -0.3 is 0 Å². The van der Waals surface area contributed by atoms with Crippen LogP contribution in [0.25, 0.3) is 0 Å². The van der Waals surface area contributed by atoms with E-state index in [0.29, 0.717) is 0 Å². The fourth-order valence-corrected chi connectivity index (χ4v) is 2.11. The van der Waals surface area contributed by atoms with Gasteiger partial charge in [-0.2, -0.15) is 0 Å². The van der Waals surface area contributed by atoms with Crippen molar-refractivity contribution < 1.29 is 0 Å². The Morgan fingerprint density at radius 1 is 0.875 bits per heavy atom. The normalized spacial score (nSPS) is 12.7. The van der Waals surface area contributed by atoms with Crippen LogP contribution in [0, 0.1) is 5.92 Å². The van der Waals surface area contributed by atoms with E-state index in [-0.39, 0.29) is 0 Å². The van der Waals surface area contributed by atoms with Crippen LogP contribution in [-0.4, -0.2) is 0 Å². The predicted octanol–water partition coefficient (Wildman–Crippen LogP) is 6.12. The Balaban J connectivity index is 3.40. The topological polar surface area (TPSA) is 0 Å². The van der Waals surface area contributed by atoms with Crippen molar-refractivity contribution >= 4 is 0 Å². The summed E-state index contributed by atoms with van der Waals surface area (Å²) in [4.78, 5) is 0. The highest BCUT2D eigenvalue weighted by atomic mass is 14.1. The lowest BCUT2D eigenvalue weighted by Crippen LogP contribution is -1.98. The fourth-order valence-electron chi connectivity index (χ4n) is 2.11. The Kier molecular flexibility index (Phi) is 11.0. The van der Waals surface area contributed by atoms with Crippen molar-refractivity contribution in [3.63, 3.8) is 0 Å². The van der Waals surface area contributed by atoms with E-state index in [1.165, 1.54) is 69.8 Å². The van der Waals surface area contributed by atoms with Crippen LogP contribution in [0.4, 0.5) is 0 Å². The maximum Gasteiger partial charge on any atom is -0.0234 e. The summed E-state index contributed by atoms with van der Waals surface area (Å²) >= 11 is 0. The molecule has 0 aliphatic rings. The van der Waals surface area contributed by atoms with Crippen molar-refractivity contribution in [2.24, 2.45) is 5.92 Å². The second kappa shape index (κ2) is 11.2. The number of unbranched alkanes of at least 4 members (excludes halogenated alkanes) is 6. The van der Waals surface area contributed by atoms with Crippen LogP contribution in [0.5, 0.6) is 0 Å². The summed E-state index contributed by atoms with van der Waals surface area (Å²) in [5.74, 6) is 0.749. The third-order valence-corrected chi connectivity index (χ3v) is 3.54. The van der Waals surface area contributed by atoms with Crippen molar-refractivity contribution in [3.05, 3.63) is 12.2 Å². The first-order valence-electron chi connectivity index (χ1n) is 7.40. The van der Waals surface area contributed by atoms with E-state index in [1.54, 1.807) is 0 Å². The highest BCUT2D eigenvalue weighted by molar-refractivity contribution is 4.98. The fraction of sp³-hybridized carbons (Fsp3) is 0.875. The second-order valence-corrected chi connectivity index (χ2v) is 5.22. The molecule has 0 N–H and O–H groups in total. The molecule has 0 nitrogen and oxygen atoms in total. The second-order valence-electron chi connectivity index (χ2n) is 5.22. The van der Waals surface area contributed by atoms with E-state index < -0.39 is 0 Å². The molecule has 0 rings (SSSR count). The van der Waals surface area contributed by atoms with Crippen LogP contribution in [0.15, 0.2) is 12.2 Å². The van der Waals surface area contributed by atoms with E-state index >= 15 is 0 Å². The molecule has 0 saturated heterocycles. The Morgan fingerprint density at radius 3 is 2.06 bits per heavy atom. The van der Waals surface area contributed by atoms with E-state index in [4.69, 9.17) is 0 Å². The monoisotopic (exact) mass is 224 g/mol. The first kappa shape index (κ1) is 15.7. The van der Waals surface area contributed by atoms with E-state index in [9.17, 15) is 0 Å². The molecule has 0 heteroatoms. The van der Waals surface area contributed by atoms with Crippen molar-refractivity contribution in [2.75, 3.05) is 0 Å². The van der Waals surface area contributed by atoms with Crippen LogP contribution < -0.4 is 0 Å². The van der Waals surface area contributed by atoms with Gasteiger partial charge in [-0.05, 0) is 25.2 Å². The Morgan fingerprint density at radius 2 is 1.44 bits per heavy atom. The molecule has 0 bridgehead atoms. The lowest BCUT2D eigenvalue weighted by molar-refractivity contribution is 0.518. The van der Waals surface area contributed by atoms with Gasteiger partial charge in [-0.1, -0.05) is 77.9 Å². The maximum atomic E-state index is 4.24. The van der Waals surface area contributed by atoms with Crippen molar-refractivity contribution in [1.29, 1.82) is 0 Å². The summed E-state index contributed by atoms with van der Waals surface area (Å²) in [6.45, 7) is 11.1. The molecule has 0 amide bonds. The Hall–Kier alpha value is -0.260. The smallest absolute Gasteiger partial charge is 0.0234 e. The minimum atomic E-state index is 0.749. The highest BCUT2D eigenvalue weighted by Gasteiger charge is 2.05. The maximum absolute atomic E-state index is 4.24. The molecule has 1 atom stereocenters. The van der Waals surface area contributed by atoms with Crippen LogP contribution >= 0.6 is 0 Å². The van der Waals surface area contributed by atoms with E-state index in [0.717, 1.165) is 5.92 Å². The zero-order chi connectivity index (χ0) is 12.2. The van der Waals surface area contributed by atoms with Gasteiger partial charge in [-0.3, -0.25) is 0 Å². The Labute approximate surface area is 104 Å². The van der Waals surface area contributed by atoms with Gasteiger partial charge in [0.1, 0.15) is 0 Å². The van der Waals surface area contributed by atoms with Crippen LogP contribution in [0.2, 0.25) is 0 Å². The van der Waals surface area contributed by atoms with Crippen molar-refractivity contribution in [3.8, 4) is 0 Å². The van der Waals surface area contributed by atoms with Crippen molar-refractivity contribution in [2.45, 2.75) is 85.0 Å². The largest absolute Gasteiger partial charge is 0.0996 e. The average molecular weight is 224 g/mol. The number of hydrogen-bond donors (Lipinski definition) is 0. The van der Waals surface area contributed by atoms with Gasteiger partial charge in [0.2, 0.25) is 0 Å². The minimum Gasteiger partial charge on any atom is -0.0996 e. The molecule has 0 heterocycles. The predicted molar refractivity (Wildman–Crippen MR) is 75.8 cm³/mol. The van der Waals surface area contributed by atoms with Crippen LogP contribution in [0.1, 0.15) is 85.0 Å². The zero-order valence-corrected chi connectivity index (χ0v) is 11.9. The van der Waals surface area contributed by atoms with Gasteiger partial charge in [0.15, 0.2) is 0 Å². The van der Waals surface area contributed by atoms with Crippen LogP contribution in [0.3, 0.4) is 0 Å². The standard InChI is InChI=1S/C16H32/c1-5-7-9-10-12-14-16(4)15(3)13-11-8-6-2/h16H,3,5-14H2,1-2,4H3. The third kappa shape index (κ3) is 9.00. The van der Waals surface area contributed by atoms with Gasteiger partial charge in [0, 0.05) is 0 Å². The van der Waals surface area contributed by atoms with Crippen LogP contribution in [-0.2, 0) is 0 Å². The lowest BCUT2D eigenvalue weighted by atomic mass is 9.92. The zero-order valence-electron chi connectivity index (χ0n) is 11.9. The summed E-state index contributed by atoms with van der Waals surface area (Å²) in [7, 11) is 0. The minimum absolute atomic E-state index is 0.749. The number of allylic oxidation sites excluding steroid dienone is 1. The molecule has 96 valence electrons. The average Bonchev–Trinajstić information content (AvgIpc) is 2.28. The molecular weight excluding hydrogens is 192 g/mol. The van der Waals surface area contributed by atoms with Gasteiger partial charge in [0.25, 0.3) is 0 Å². The molecule has 0 aliphatic carbocycles. The molecule has 0 aromatic heterocycles.